The SMILES string of the molecule is Cc1cc(C(=O)N2CCCC2)ccc1NC(=O)C(C)n1cnc2ccccc2c1=O. The Morgan fingerprint density at radius 2 is 1.83 bits per heavy atom. The van der Waals surface area contributed by atoms with Crippen LogP contribution >= 0.6 is 0 Å². The van der Waals surface area contributed by atoms with Gasteiger partial charge in [-0.1, -0.05) is 12.1 Å². The number of aryl methyl sites for hydroxylation is 1. The summed E-state index contributed by atoms with van der Waals surface area (Å²) in [6, 6.07) is 11.6. The predicted octanol–water partition coefficient (Wildman–Crippen LogP) is 3.14. The average molecular weight is 404 g/mol. The molecule has 7 heteroatoms. The quantitative estimate of drug-likeness (QED) is 0.724. The fraction of sp³-hybridized carbons (Fsp3) is 0.304. The second-order valence-electron chi connectivity index (χ2n) is 7.67. The fourth-order valence-corrected chi connectivity index (χ4v) is 3.76. The predicted molar refractivity (Wildman–Crippen MR) is 116 cm³/mol. The lowest BCUT2D eigenvalue weighted by Crippen LogP contribution is -2.32. The number of carbonyl (C=O) groups excluding carboxylic acids is 2. The third kappa shape index (κ3) is 3.70. The molecule has 0 spiro atoms. The van der Waals surface area contributed by atoms with Gasteiger partial charge < -0.3 is 10.2 Å². The van der Waals surface area contributed by atoms with Crippen LogP contribution in [0.3, 0.4) is 0 Å². The molecular formula is C23H24N4O3. The number of amides is 2. The highest BCUT2D eigenvalue weighted by atomic mass is 16.2. The van der Waals surface area contributed by atoms with E-state index in [1.165, 1.54) is 10.9 Å². The number of rotatable bonds is 4. The van der Waals surface area contributed by atoms with Crippen LogP contribution in [0.4, 0.5) is 5.69 Å². The van der Waals surface area contributed by atoms with Crippen molar-refractivity contribution in [3.05, 3.63) is 70.3 Å². The second-order valence-corrected chi connectivity index (χ2v) is 7.67. The molecular weight excluding hydrogens is 380 g/mol. The molecule has 2 amide bonds. The highest BCUT2D eigenvalue weighted by Crippen LogP contribution is 2.21. The van der Waals surface area contributed by atoms with Crippen LogP contribution in [0.2, 0.25) is 0 Å². The van der Waals surface area contributed by atoms with Gasteiger partial charge in [-0.3, -0.25) is 19.0 Å². The normalized spacial score (nSPS) is 14.7. The number of nitrogens with zero attached hydrogens (tertiary/aromatic N) is 3. The van der Waals surface area contributed by atoms with Gasteiger partial charge in [0.25, 0.3) is 11.5 Å². The Morgan fingerprint density at radius 3 is 2.57 bits per heavy atom. The summed E-state index contributed by atoms with van der Waals surface area (Å²) in [7, 11) is 0. The fourth-order valence-electron chi connectivity index (χ4n) is 3.76. The van der Waals surface area contributed by atoms with E-state index in [4.69, 9.17) is 0 Å². The van der Waals surface area contributed by atoms with Gasteiger partial charge in [-0.05, 0) is 62.6 Å². The minimum absolute atomic E-state index is 0.0237. The van der Waals surface area contributed by atoms with Crippen LogP contribution in [0.5, 0.6) is 0 Å². The highest BCUT2D eigenvalue weighted by molar-refractivity contribution is 5.97. The maximum absolute atomic E-state index is 12.8. The lowest BCUT2D eigenvalue weighted by Gasteiger charge is -2.18. The summed E-state index contributed by atoms with van der Waals surface area (Å²) in [6.45, 7) is 5.10. The summed E-state index contributed by atoms with van der Waals surface area (Å²) in [4.78, 5) is 44.2. The summed E-state index contributed by atoms with van der Waals surface area (Å²) < 4.78 is 1.33. The van der Waals surface area contributed by atoms with Crippen LogP contribution in [0.1, 0.15) is 41.7 Å². The molecule has 1 aliphatic heterocycles. The van der Waals surface area contributed by atoms with E-state index in [1.807, 2.05) is 17.9 Å². The van der Waals surface area contributed by atoms with Gasteiger partial charge in [0, 0.05) is 24.3 Å². The van der Waals surface area contributed by atoms with Gasteiger partial charge in [0.15, 0.2) is 0 Å². The minimum atomic E-state index is -0.736. The third-order valence-corrected chi connectivity index (χ3v) is 5.61. The Bertz CT molecular complexity index is 1180. The summed E-state index contributed by atoms with van der Waals surface area (Å²) in [5.74, 6) is -0.300. The van der Waals surface area contributed by atoms with E-state index in [2.05, 4.69) is 10.3 Å². The number of fused-ring (bicyclic) bond motifs is 1. The first-order valence-electron chi connectivity index (χ1n) is 10.1. The molecule has 1 unspecified atom stereocenters. The van der Waals surface area contributed by atoms with Gasteiger partial charge in [-0.15, -0.1) is 0 Å². The number of carbonyl (C=O) groups is 2. The van der Waals surface area contributed by atoms with Crippen molar-refractivity contribution < 1.29 is 9.59 Å². The molecule has 3 aromatic rings. The van der Waals surface area contributed by atoms with Crippen LogP contribution < -0.4 is 10.9 Å². The van der Waals surface area contributed by atoms with Crippen molar-refractivity contribution in [2.75, 3.05) is 18.4 Å². The highest BCUT2D eigenvalue weighted by Gasteiger charge is 2.21. The molecule has 1 aliphatic rings. The van der Waals surface area contributed by atoms with E-state index >= 15 is 0 Å². The van der Waals surface area contributed by atoms with Crippen LogP contribution in [0.25, 0.3) is 10.9 Å². The van der Waals surface area contributed by atoms with Gasteiger partial charge in [0.05, 0.1) is 17.2 Å². The molecule has 1 N–H and O–H groups in total. The molecule has 1 atom stereocenters. The first-order chi connectivity index (χ1) is 14.5. The van der Waals surface area contributed by atoms with Crippen LogP contribution in [-0.2, 0) is 4.79 Å². The smallest absolute Gasteiger partial charge is 0.261 e. The molecule has 30 heavy (non-hydrogen) atoms. The Balaban J connectivity index is 1.53. The number of hydrogen-bond acceptors (Lipinski definition) is 4. The lowest BCUT2D eigenvalue weighted by molar-refractivity contribution is -0.118. The molecule has 1 saturated heterocycles. The van der Waals surface area contributed by atoms with Gasteiger partial charge in [0.2, 0.25) is 5.91 Å². The number of para-hydroxylation sites is 1. The number of nitrogens with one attached hydrogen (secondary N) is 1. The van der Waals surface area contributed by atoms with E-state index < -0.39 is 6.04 Å². The van der Waals surface area contributed by atoms with Crippen molar-refractivity contribution in [3.8, 4) is 0 Å². The maximum Gasteiger partial charge on any atom is 0.261 e. The zero-order valence-corrected chi connectivity index (χ0v) is 17.1. The van der Waals surface area contributed by atoms with E-state index in [0.29, 0.717) is 22.2 Å². The number of anilines is 1. The first-order valence-corrected chi connectivity index (χ1v) is 10.1. The first kappa shape index (κ1) is 19.8. The summed E-state index contributed by atoms with van der Waals surface area (Å²) in [5, 5.41) is 3.34. The molecule has 4 rings (SSSR count). The van der Waals surface area contributed by atoms with E-state index in [9.17, 15) is 14.4 Å². The summed E-state index contributed by atoms with van der Waals surface area (Å²) in [5.41, 5.74) is 2.37. The van der Waals surface area contributed by atoms with Crippen molar-refractivity contribution in [3.63, 3.8) is 0 Å². The van der Waals surface area contributed by atoms with E-state index in [1.54, 1.807) is 43.3 Å². The molecule has 2 aromatic carbocycles. The largest absolute Gasteiger partial charge is 0.339 e. The molecule has 1 fully saturated rings. The molecule has 0 aliphatic carbocycles. The van der Waals surface area contributed by atoms with Crippen molar-refractivity contribution in [1.29, 1.82) is 0 Å². The molecule has 0 radical (unpaired) electrons. The van der Waals surface area contributed by atoms with Crippen LogP contribution in [0.15, 0.2) is 53.6 Å². The van der Waals surface area contributed by atoms with Gasteiger partial charge in [0.1, 0.15) is 6.04 Å². The number of aromatic nitrogens is 2. The van der Waals surface area contributed by atoms with E-state index in [0.717, 1.165) is 31.5 Å². The van der Waals surface area contributed by atoms with Crippen molar-refractivity contribution >= 4 is 28.4 Å². The van der Waals surface area contributed by atoms with Crippen LogP contribution in [0, 0.1) is 6.92 Å². The van der Waals surface area contributed by atoms with Crippen molar-refractivity contribution in [2.45, 2.75) is 32.7 Å². The maximum atomic E-state index is 12.8. The van der Waals surface area contributed by atoms with Crippen LogP contribution in [-0.4, -0.2) is 39.4 Å². The number of benzene rings is 2. The zero-order valence-electron chi connectivity index (χ0n) is 17.1. The van der Waals surface area contributed by atoms with Gasteiger partial charge in [-0.2, -0.15) is 0 Å². The minimum Gasteiger partial charge on any atom is -0.339 e. The Labute approximate surface area is 174 Å². The van der Waals surface area contributed by atoms with E-state index in [-0.39, 0.29) is 17.4 Å². The third-order valence-electron chi connectivity index (χ3n) is 5.61. The standard InChI is InChI=1S/C23H24N4O3/c1-15-13-17(22(29)26-11-5-6-12-26)9-10-19(15)25-21(28)16(2)27-14-24-20-8-4-3-7-18(20)23(27)30/h3-4,7-10,13-14,16H,5-6,11-12H2,1-2H3,(H,25,28). The van der Waals surface area contributed by atoms with Crippen molar-refractivity contribution in [2.24, 2.45) is 0 Å². The summed E-state index contributed by atoms with van der Waals surface area (Å²) >= 11 is 0. The topological polar surface area (TPSA) is 84.3 Å². The molecule has 2 heterocycles. The Kier molecular flexibility index (Phi) is 5.35. The summed E-state index contributed by atoms with van der Waals surface area (Å²) in [6.07, 6.45) is 3.49. The second kappa shape index (κ2) is 8.10. The average Bonchev–Trinajstić information content (AvgIpc) is 3.29. The lowest BCUT2D eigenvalue weighted by atomic mass is 10.1. The number of hydrogen-bond donors (Lipinski definition) is 1. The molecule has 1 aromatic heterocycles. The number of likely N-dealkylation sites (tertiary alicyclic amines) is 1. The Hall–Kier alpha value is -3.48. The van der Waals surface area contributed by atoms with Gasteiger partial charge >= 0.3 is 0 Å². The Morgan fingerprint density at radius 1 is 1.10 bits per heavy atom. The molecule has 7 nitrogen and oxygen atoms in total. The monoisotopic (exact) mass is 404 g/mol. The molecule has 0 saturated carbocycles. The molecule has 154 valence electrons. The molecule has 0 bridgehead atoms. The van der Waals surface area contributed by atoms with Gasteiger partial charge in [-0.25, -0.2) is 4.98 Å². The van der Waals surface area contributed by atoms with Crippen molar-refractivity contribution in [1.82, 2.24) is 14.5 Å². The zero-order chi connectivity index (χ0) is 21.3.